The summed E-state index contributed by atoms with van der Waals surface area (Å²) >= 11 is 0. The third-order valence-electron chi connectivity index (χ3n) is 4.78. The number of pyridine rings is 1. The number of urea groups is 1. The highest BCUT2D eigenvalue weighted by molar-refractivity contribution is 5.89. The van der Waals surface area contributed by atoms with E-state index in [9.17, 15) is 4.79 Å². The summed E-state index contributed by atoms with van der Waals surface area (Å²) < 4.78 is 1.75. The second kappa shape index (κ2) is 7.99. The summed E-state index contributed by atoms with van der Waals surface area (Å²) in [6.45, 7) is 1.36. The van der Waals surface area contributed by atoms with Crippen LogP contribution in [0.2, 0.25) is 0 Å². The van der Waals surface area contributed by atoms with Gasteiger partial charge in [-0.25, -0.2) is 14.5 Å². The van der Waals surface area contributed by atoms with Crippen molar-refractivity contribution >= 4 is 11.7 Å². The summed E-state index contributed by atoms with van der Waals surface area (Å²) in [6, 6.07) is 13.6. The van der Waals surface area contributed by atoms with E-state index in [-0.39, 0.29) is 12.1 Å². The Hall–Kier alpha value is -3.22. The molecule has 7 heteroatoms. The number of nitrogens with one attached hydrogen (secondary N) is 1. The number of carbonyl (C=O) groups excluding carboxylic acids is 1. The second-order valence-corrected chi connectivity index (χ2v) is 6.68. The Balaban J connectivity index is 1.47. The van der Waals surface area contributed by atoms with Gasteiger partial charge in [0.25, 0.3) is 0 Å². The normalized spacial score (nSPS) is 16.9. The number of nitrogens with zero attached hydrogens (tertiary/aromatic N) is 5. The third kappa shape index (κ3) is 4.13. The second-order valence-electron chi connectivity index (χ2n) is 6.68. The molecule has 0 saturated carbocycles. The maximum atomic E-state index is 12.9. The maximum absolute atomic E-state index is 12.9. The van der Waals surface area contributed by atoms with E-state index >= 15 is 0 Å². The highest BCUT2D eigenvalue weighted by Gasteiger charge is 2.28. The standard InChI is InChI=1S/C20H22N6O/c27-20(26-11-4-2-9-19(26)18-8-1-3-10-22-18)24-17-7-5-6-16(12-17)13-25-15-21-14-23-25/h1,3,5-8,10,12,14-15,19H,2,4,9,11,13H2,(H,24,27)/t19-/m0/s1. The number of likely N-dealkylation sites (tertiary alicyclic amines) is 1. The van der Waals surface area contributed by atoms with E-state index in [1.54, 1.807) is 17.2 Å². The van der Waals surface area contributed by atoms with Crippen LogP contribution in [0.25, 0.3) is 0 Å². The Bertz CT molecular complexity index is 881. The van der Waals surface area contributed by atoms with Crippen molar-refractivity contribution in [2.75, 3.05) is 11.9 Å². The molecule has 1 fully saturated rings. The van der Waals surface area contributed by atoms with Gasteiger partial charge in [-0.3, -0.25) is 4.98 Å². The average molecular weight is 362 g/mol. The molecule has 0 aliphatic carbocycles. The number of anilines is 1. The van der Waals surface area contributed by atoms with Crippen molar-refractivity contribution in [2.24, 2.45) is 0 Å². The topological polar surface area (TPSA) is 75.9 Å². The summed E-state index contributed by atoms with van der Waals surface area (Å²) in [5, 5.41) is 7.17. The lowest BCUT2D eigenvalue weighted by atomic mass is 9.99. The zero-order chi connectivity index (χ0) is 18.5. The highest BCUT2D eigenvalue weighted by atomic mass is 16.2. The molecule has 138 valence electrons. The van der Waals surface area contributed by atoms with Crippen molar-refractivity contribution in [3.63, 3.8) is 0 Å². The molecule has 1 saturated heterocycles. The molecule has 1 N–H and O–H groups in total. The first-order valence-electron chi connectivity index (χ1n) is 9.19. The van der Waals surface area contributed by atoms with Gasteiger partial charge in [-0.1, -0.05) is 18.2 Å². The number of hydrogen-bond acceptors (Lipinski definition) is 4. The van der Waals surface area contributed by atoms with E-state index in [0.717, 1.165) is 42.8 Å². The molecular formula is C20H22N6O. The van der Waals surface area contributed by atoms with Gasteiger partial charge in [0.1, 0.15) is 12.7 Å². The van der Waals surface area contributed by atoms with Crippen LogP contribution in [0.3, 0.4) is 0 Å². The lowest BCUT2D eigenvalue weighted by molar-refractivity contribution is 0.161. The lowest BCUT2D eigenvalue weighted by Crippen LogP contribution is -2.41. The predicted octanol–water partition coefficient (Wildman–Crippen LogP) is 3.48. The molecule has 0 radical (unpaired) electrons. The monoisotopic (exact) mass is 362 g/mol. The SMILES string of the molecule is O=C(Nc1cccc(Cn2cncn2)c1)N1CCCC[C@H]1c1ccccn1. The first-order valence-corrected chi connectivity index (χ1v) is 9.19. The fourth-order valence-electron chi connectivity index (χ4n) is 3.50. The van der Waals surface area contributed by atoms with E-state index in [4.69, 9.17) is 0 Å². The Morgan fingerprint density at radius 2 is 2.15 bits per heavy atom. The van der Waals surface area contributed by atoms with Crippen LogP contribution in [-0.2, 0) is 6.54 Å². The van der Waals surface area contributed by atoms with Gasteiger partial charge >= 0.3 is 6.03 Å². The molecule has 3 aromatic rings. The predicted molar refractivity (Wildman–Crippen MR) is 102 cm³/mol. The molecule has 1 atom stereocenters. The molecule has 27 heavy (non-hydrogen) atoms. The van der Waals surface area contributed by atoms with Crippen LogP contribution in [-0.4, -0.2) is 37.2 Å². The number of amides is 2. The fourth-order valence-corrected chi connectivity index (χ4v) is 3.50. The Morgan fingerprint density at radius 3 is 2.96 bits per heavy atom. The summed E-state index contributed by atoms with van der Waals surface area (Å²) in [7, 11) is 0. The number of carbonyl (C=O) groups is 1. The van der Waals surface area contributed by atoms with Crippen molar-refractivity contribution in [1.29, 1.82) is 0 Å². The van der Waals surface area contributed by atoms with Crippen LogP contribution in [0.1, 0.15) is 36.6 Å². The molecular weight excluding hydrogens is 340 g/mol. The van der Waals surface area contributed by atoms with Crippen molar-refractivity contribution in [1.82, 2.24) is 24.6 Å². The highest BCUT2D eigenvalue weighted by Crippen LogP contribution is 2.30. The van der Waals surface area contributed by atoms with E-state index in [1.807, 2.05) is 47.4 Å². The Labute approximate surface area is 158 Å². The van der Waals surface area contributed by atoms with Crippen LogP contribution in [0.4, 0.5) is 10.5 Å². The van der Waals surface area contributed by atoms with Crippen LogP contribution in [0.15, 0.2) is 61.3 Å². The van der Waals surface area contributed by atoms with Gasteiger partial charge in [0, 0.05) is 18.4 Å². The minimum Gasteiger partial charge on any atom is -0.316 e. The van der Waals surface area contributed by atoms with E-state index in [1.165, 1.54) is 6.33 Å². The Kier molecular flexibility index (Phi) is 5.09. The molecule has 1 aromatic carbocycles. The van der Waals surface area contributed by atoms with E-state index in [0.29, 0.717) is 6.54 Å². The molecule has 1 aliphatic heterocycles. The molecule has 4 rings (SSSR count). The minimum absolute atomic E-state index is 0.0262. The quantitative estimate of drug-likeness (QED) is 0.771. The van der Waals surface area contributed by atoms with Crippen LogP contribution in [0, 0.1) is 0 Å². The molecule has 0 unspecified atom stereocenters. The number of piperidine rings is 1. The molecule has 2 aromatic heterocycles. The van der Waals surface area contributed by atoms with Crippen molar-refractivity contribution in [3.8, 4) is 0 Å². The van der Waals surface area contributed by atoms with Crippen LogP contribution in [0.5, 0.6) is 0 Å². The summed E-state index contributed by atoms with van der Waals surface area (Å²) in [5.74, 6) is 0. The number of aromatic nitrogens is 4. The number of rotatable bonds is 4. The van der Waals surface area contributed by atoms with Crippen LogP contribution >= 0.6 is 0 Å². The van der Waals surface area contributed by atoms with E-state index in [2.05, 4.69) is 20.4 Å². The summed E-state index contributed by atoms with van der Waals surface area (Å²) in [6.07, 6.45) is 8.04. The molecule has 2 amide bonds. The Morgan fingerprint density at radius 1 is 1.19 bits per heavy atom. The molecule has 3 heterocycles. The molecule has 0 bridgehead atoms. The van der Waals surface area contributed by atoms with Gasteiger partial charge in [0.2, 0.25) is 0 Å². The van der Waals surface area contributed by atoms with Gasteiger partial charge in [0.15, 0.2) is 0 Å². The van der Waals surface area contributed by atoms with Gasteiger partial charge < -0.3 is 10.2 Å². The maximum Gasteiger partial charge on any atom is 0.322 e. The average Bonchev–Trinajstić information content (AvgIpc) is 3.22. The zero-order valence-electron chi connectivity index (χ0n) is 15.0. The molecule has 1 aliphatic rings. The largest absolute Gasteiger partial charge is 0.322 e. The lowest BCUT2D eigenvalue weighted by Gasteiger charge is -2.35. The first kappa shape index (κ1) is 17.2. The van der Waals surface area contributed by atoms with Crippen molar-refractivity contribution < 1.29 is 4.79 Å². The first-order chi connectivity index (χ1) is 13.3. The summed E-state index contributed by atoms with van der Waals surface area (Å²) in [4.78, 5) is 23.3. The molecule has 0 spiro atoms. The molecule has 7 nitrogen and oxygen atoms in total. The number of hydrogen-bond donors (Lipinski definition) is 1. The smallest absolute Gasteiger partial charge is 0.316 e. The fraction of sp³-hybridized carbons (Fsp3) is 0.300. The van der Waals surface area contributed by atoms with E-state index < -0.39 is 0 Å². The van der Waals surface area contributed by atoms with Gasteiger partial charge in [-0.2, -0.15) is 5.10 Å². The van der Waals surface area contributed by atoms with Crippen molar-refractivity contribution in [2.45, 2.75) is 31.8 Å². The third-order valence-corrected chi connectivity index (χ3v) is 4.78. The van der Waals surface area contributed by atoms with Gasteiger partial charge in [-0.05, 0) is 49.1 Å². The summed E-state index contributed by atoms with van der Waals surface area (Å²) in [5.41, 5.74) is 2.79. The van der Waals surface area contributed by atoms with Gasteiger partial charge in [-0.15, -0.1) is 0 Å². The minimum atomic E-state index is -0.0803. The zero-order valence-corrected chi connectivity index (χ0v) is 15.0. The van der Waals surface area contributed by atoms with Crippen molar-refractivity contribution in [3.05, 3.63) is 72.6 Å². The van der Waals surface area contributed by atoms with Crippen LogP contribution < -0.4 is 5.32 Å². The number of benzene rings is 1. The van der Waals surface area contributed by atoms with Gasteiger partial charge in [0.05, 0.1) is 18.3 Å².